The molecule has 0 fully saturated rings. The average Bonchev–Trinajstić information content (AvgIpc) is 3.25. The topological polar surface area (TPSA) is 117 Å². The number of rotatable bonds is 7. The first-order valence-electron chi connectivity index (χ1n) is 12.3. The van der Waals surface area contributed by atoms with Gasteiger partial charge in [0.2, 0.25) is 0 Å². The summed E-state index contributed by atoms with van der Waals surface area (Å²) in [5.74, 6) is -1.94. The van der Waals surface area contributed by atoms with Crippen molar-refractivity contribution in [3.8, 4) is 28.4 Å². The Kier molecular flexibility index (Phi) is 7.19. The lowest BCUT2D eigenvalue weighted by molar-refractivity contribution is -0.189. The van der Waals surface area contributed by atoms with E-state index in [2.05, 4.69) is 4.74 Å². The van der Waals surface area contributed by atoms with Gasteiger partial charge in [-0.15, -0.1) is 0 Å². The third-order valence-corrected chi connectivity index (χ3v) is 7.07. The second-order valence-corrected chi connectivity index (χ2v) is 11.0. The number of esters is 1. The zero-order valence-electron chi connectivity index (χ0n) is 22.2. The molecule has 4 aromatic carbocycles. The molecule has 42 heavy (non-hydrogen) atoms. The van der Waals surface area contributed by atoms with Crippen molar-refractivity contribution in [1.29, 1.82) is 0 Å². The van der Waals surface area contributed by atoms with Crippen molar-refractivity contribution >= 4 is 21.9 Å². The van der Waals surface area contributed by atoms with E-state index >= 15 is 0 Å². The number of alkyl halides is 3. The summed E-state index contributed by atoms with van der Waals surface area (Å²) in [5, 5.41) is 0. The number of aliphatic imine (C=N–C) groups is 1. The summed E-state index contributed by atoms with van der Waals surface area (Å²) in [5.41, 5.74) is 9.02. The first-order valence-corrected chi connectivity index (χ1v) is 14.2. The van der Waals surface area contributed by atoms with Crippen LogP contribution in [0.5, 0.6) is 17.2 Å². The van der Waals surface area contributed by atoms with Gasteiger partial charge in [-0.1, -0.05) is 54.6 Å². The number of nitrogens with zero attached hydrogens (tertiary/aromatic N) is 1. The van der Waals surface area contributed by atoms with Gasteiger partial charge in [-0.25, -0.2) is 9.79 Å². The zero-order chi connectivity index (χ0) is 30.3. The van der Waals surface area contributed by atoms with E-state index in [0.29, 0.717) is 33.6 Å². The Bertz CT molecular complexity index is 1820. The highest BCUT2D eigenvalue weighted by Crippen LogP contribution is 2.47. The van der Waals surface area contributed by atoms with Gasteiger partial charge >= 0.3 is 22.3 Å². The van der Waals surface area contributed by atoms with Crippen LogP contribution in [-0.4, -0.2) is 39.8 Å². The van der Waals surface area contributed by atoms with Crippen molar-refractivity contribution in [2.24, 2.45) is 10.7 Å². The molecule has 0 aromatic heterocycles. The van der Waals surface area contributed by atoms with Crippen LogP contribution in [0.4, 0.5) is 13.2 Å². The zero-order valence-corrected chi connectivity index (χ0v) is 23.0. The summed E-state index contributed by atoms with van der Waals surface area (Å²) in [6.07, 6.45) is -4.21. The number of hydrogen-bond acceptors (Lipinski definition) is 8. The smallest absolute Gasteiger partial charge is 0.491 e. The molecule has 0 spiro atoms. The van der Waals surface area contributed by atoms with Crippen molar-refractivity contribution in [3.63, 3.8) is 0 Å². The molecule has 216 valence electrons. The number of nitrogens with two attached hydrogens (primary N) is 1. The number of carbonyl (C=O) groups is 1. The van der Waals surface area contributed by atoms with Crippen molar-refractivity contribution in [2.45, 2.75) is 11.7 Å². The molecule has 4 aromatic rings. The third kappa shape index (κ3) is 5.53. The lowest BCUT2D eigenvalue weighted by Crippen LogP contribution is -2.28. The molecule has 1 atom stereocenters. The molecule has 0 saturated carbocycles. The summed E-state index contributed by atoms with van der Waals surface area (Å²) in [6, 6.07) is 24.8. The molecule has 1 aliphatic rings. The lowest BCUT2D eigenvalue weighted by Gasteiger charge is -2.30. The predicted molar refractivity (Wildman–Crippen MR) is 149 cm³/mol. The summed E-state index contributed by atoms with van der Waals surface area (Å²) in [7, 11) is -2.37. The monoisotopic (exact) mass is 596 g/mol. The summed E-state index contributed by atoms with van der Waals surface area (Å²) < 4.78 is 76.7. The van der Waals surface area contributed by atoms with Gasteiger partial charge in [-0.05, 0) is 58.1 Å². The summed E-state index contributed by atoms with van der Waals surface area (Å²) >= 11 is 0. The van der Waals surface area contributed by atoms with Crippen LogP contribution in [-0.2, 0) is 20.5 Å². The Balaban J connectivity index is 1.65. The third-order valence-electron chi connectivity index (χ3n) is 6.57. The Morgan fingerprint density at radius 1 is 0.833 bits per heavy atom. The van der Waals surface area contributed by atoms with Gasteiger partial charge in [0.1, 0.15) is 28.6 Å². The van der Waals surface area contributed by atoms with Crippen LogP contribution in [0.15, 0.2) is 96.0 Å². The number of amidine groups is 1. The molecular weight excluding hydrogens is 573 g/mol. The fourth-order valence-electron chi connectivity index (χ4n) is 4.86. The van der Waals surface area contributed by atoms with E-state index in [1.807, 2.05) is 42.5 Å². The van der Waals surface area contributed by atoms with Gasteiger partial charge in [0.05, 0.1) is 13.4 Å². The molecule has 12 heteroatoms. The predicted octanol–water partition coefficient (Wildman–Crippen LogP) is 5.18. The van der Waals surface area contributed by atoms with Crippen LogP contribution >= 0.6 is 0 Å². The number of ether oxygens (including phenoxy) is 2. The highest BCUT2D eigenvalue weighted by Gasteiger charge is 2.44. The molecule has 5 rings (SSSR count). The van der Waals surface area contributed by atoms with Gasteiger partial charge in [0.15, 0.2) is 0 Å². The molecule has 0 amide bonds. The highest BCUT2D eigenvalue weighted by atomic mass is 32.2. The molecule has 0 radical (unpaired) electrons. The van der Waals surface area contributed by atoms with E-state index < -0.39 is 27.8 Å². The van der Waals surface area contributed by atoms with Crippen LogP contribution in [0.25, 0.3) is 11.1 Å². The number of carbonyl (C=O) groups excluding carboxylic acids is 1. The largest absolute Gasteiger partial charge is 0.497 e. The first kappa shape index (κ1) is 28.7. The van der Waals surface area contributed by atoms with Crippen LogP contribution in [0.3, 0.4) is 0 Å². The molecule has 1 heterocycles. The Labute approximate surface area is 239 Å². The van der Waals surface area contributed by atoms with E-state index in [4.69, 9.17) is 19.6 Å². The summed E-state index contributed by atoms with van der Waals surface area (Å²) in [4.78, 5) is 16.2. The van der Waals surface area contributed by atoms with Crippen LogP contribution in [0.1, 0.15) is 22.3 Å². The molecular formula is C30H23F3N2O6S. The van der Waals surface area contributed by atoms with Crippen molar-refractivity contribution in [3.05, 3.63) is 113 Å². The molecule has 2 N–H and O–H groups in total. The average molecular weight is 597 g/mol. The second kappa shape index (κ2) is 10.5. The fraction of sp³-hybridized carbons (Fsp3) is 0.133. The van der Waals surface area contributed by atoms with Gasteiger partial charge in [0, 0.05) is 11.6 Å². The van der Waals surface area contributed by atoms with Crippen molar-refractivity contribution in [1.82, 2.24) is 0 Å². The van der Waals surface area contributed by atoms with E-state index in [1.54, 1.807) is 18.2 Å². The van der Waals surface area contributed by atoms with Gasteiger partial charge in [-0.3, -0.25) is 0 Å². The quantitative estimate of drug-likeness (QED) is 0.178. The Morgan fingerprint density at radius 3 is 2.19 bits per heavy atom. The number of methoxy groups -OCH3 is 1. The molecule has 0 saturated heterocycles. The van der Waals surface area contributed by atoms with E-state index in [1.165, 1.54) is 37.4 Å². The molecule has 1 unspecified atom stereocenters. The maximum atomic E-state index is 12.7. The van der Waals surface area contributed by atoms with Crippen molar-refractivity contribution < 1.29 is 40.0 Å². The van der Waals surface area contributed by atoms with Crippen LogP contribution < -0.4 is 19.4 Å². The second-order valence-electron chi connectivity index (χ2n) is 9.43. The Hall–Kier alpha value is -4.84. The fourth-order valence-corrected chi connectivity index (χ4v) is 5.31. The molecule has 0 bridgehead atoms. The molecule has 0 aliphatic carbocycles. The standard InChI is InChI=1S/C30H23F3N2O6S/c1-39-23-15-19(16-24(17-23)41-42(2,37)38)18-6-5-7-21(14-18)29(26-9-4-3-8-25(26)27(34)35-29)20-10-12-22(13-11-20)40-28(36)30(31,32)33/h3-17H,1-2H3,(H2,34,35). The maximum absolute atomic E-state index is 12.7. The number of halogens is 3. The minimum absolute atomic E-state index is 0.0597. The van der Waals surface area contributed by atoms with E-state index in [-0.39, 0.29) is 17.3 Å². The van der Waals surface area contributed by atoms with Crippen molar-refractivity contribution in [2.75, 3.05) is 13.4 Å². The highest BCUT2D eigenvalue weighted by molar-refractivity contribution is 7.86. The van der Waals surface area contributed by atoms with Gasteiger partial charge in [-0.2, -0.15) is 21.6 Å². The van der Waals surface area contributed by atoms with E-state index in [9.17, 15) is 26.4 Å². The minimum Gasteiger partial charge on any atom is -0.497 e. The number of hydrogen-bond donors (Lipinski definition) is 1. The van der Waals surface area contributed by atoms with Crippen LogP contribution in [0, 0.1) is 0 Å². The summed E-state index contributed by atoms with van der Waals surface area (Å²) in [6.45, 7) is 0. The van der Waals surface area contributed by atoms with E-state index in [0.717, 1.165) is 11.8 Å². The van der Waals surface area contributed by atoms with Gasteiger partial charge in [0.25, 0.3) is 0 Å². The first-order chi connectivity index (χ1) is 19.8. The number of fused-ring (bicyclic) bond motifs is 1. The van der Waals surface area contributed by atoms with Gasteiger partial charge < -0.3 is 19.4 Å². The molecule has 1 aliphatic heterocycles. The molecule has 8 nitrogen and oxygen atoms in total. The lowest BCUT2D eigenvalue weighted by atomic mass is 9.77. The Morgan fingerprint density at radius 2 is 1.52 bits per heavy atom. The number of benzene rings is 4. The minimum atomic E-state index is -5.14. The normalized spacial score (nSPS) is 16.4. The maximum Gasteiger partial charge on any atom is 0.491 e. The van der Waals surface area contributed by atoms with Crippen LogP contribution in [0.2, 0.25) is 0 Å². The SMILES string of the molecule is COc1cc(OS(C)(=O)=O)cc(-c2cccc(C3(c4ccc(OC(=O)C(F)(F)F)cc4)N=C(N)c4ccccc43)c2)c1.